The van der Waals surface area contributed by atoms with E-state index in [1.54, 1.807) is 6.08 Å². The zero-order chi connectivity index (χ0) is 9.42. The largest absolute Gasteiger partial charge is 0.345 e. The number of allylic oxidation sites excluding steroid dienone is 2. The Morgan fingerprint density at radius 1 is 1.62 bits per heavy atom. The van der Waals surface area contributed by atoms with Crippen molar-refractivity contribution in [1.82, 2.24) is 10.2 Å². The molecule has 0 spiro atoms. The lowest BCUT2D eigenvalue weighted by Gasteiger charge is -2.37. The van der Waals surface area contributed by atoms with E-state index in [-0.39, 0.29) is 5.91 Å². The van der Waals surface area contributed by atoms with Crippen LogP contribution in [0.3, 0.4) is 0 Å². The first kappa shape index (κ1) is 8.35. The maximum Gasteiger partial charge on any atom is 0.254 e. The standard InChI is InChI=1S/C10H14N2O/c1-7-6-10(13)12-8(2)4-3-5-9(12)11-7/h5-6,8,11H,3-4H2,1-2H3. The van der Waals surface area contributed by atoms with Crippen LogP contribution in [-0.4, -0.2) is 16.8 Å². The molecule has 1 amide bonds. The van der Waals surface area contributed by atoms with Gasteiger partial charge in [0.2, 0.25) is 0 Å². The zero-order valence-corrected chi connectivity index (χ0v) is 8.00. The van der Waals surface area contributed by atoms with E-state index in [9.17, 15) is 4.79 Å². The summed E-state index contributed by atoms with van der Waals surface area (Å²) in [5.74, 6) is 1.07. The molecule has 0 fully saturated rings. The van der Waals surface area contributed by atoms with E-state index in [1.165, 1.54) is 0 Å². The van der Waals surface area contributed by atoms with E-state index in [0.29, 0.717) is 6.04 Å². The van der Waals surface area contributed by atoms with E-state index < -0.39 is 0 Å². The van der Waals surface area contributed by atoms with Crippen molar-refractivity contribution in [1.29, 1.82) is 0 Å². The summed E-state index contributed by atoms with van der Waals surface area (Å²) >= 11 is 0. The molecule has 2 aliphatic heterocycles. The number of rotatable bonds is 0. The van der Waals surface area contributed by atoms with Gasteiger partial charge in [-0.25, -0.2) is 0 Å². The fraction of sp³-hybridized carbons (Fsp3) is 0.500. The van der Waals surface area contributed by atoms with E-state index in [0.717, 1.165) is 24.4 Å². The Balaban J connectivity index is 2.35. The molecule has 3 heteroatoms. The highest BCUT2D eigenvalue weighted by molar-refractivity contribution is 5.91. The minimum atomic E-state index is 0.106. The summed E-state index contributed by atoms with van der Waals surface area (Å²) in [5, 5.41) is 3.21. The summed E-state index contributed by atoms with van der Waals surface area (Å²) in [6.45, 7) is 4.00. The normalized spacial score (nSPS) is 27.4. The highest BCUT2D eigenvalue weighted by Crippen LogP contribution is 2.23. The number of hydrogen-bond acceptors (Lipinski definition) is 2. The Morgan fingerprint density at radius 3 is 3.15 bits per heavy atom. The first-order chi connectivity index (χ1) is 6.18. The lowest BCUT2D eigenvalue weighted by molar-refractivity contribution is -0.127. The van der Waals surface area contributed by atoms with Gasteiger partial charge in [-0.05, 0) is 32.8 Å². The molecular weight excluding hydrogens is 164 g/mol. The number of fused-ring (bicyclic) bond motifs is 1. The van der Waals surface area contributed by atoms with Gasteiger partial charge in [0.1, 0.15) is 5.82 Å². The summed E-state index contributed by atoms with van der Waals surface area (Å²) in [5.41, 5.74) is 0.932. The van der Waals surface area contributed by atoms with Gasteiger partial charge in [0.05, 0.1) is 0 Å². The van der Waals surface area contributed by atoms with Crippen molar-refractivity contribution in [2.24, 2.45) is 0 Å². The monoisotopic (exact) mass is 178 g/mol. The van der Waals surface area contributed by atoms with Crippen LogP contribution in [-0.2, 0) is 4.79 Å². The molecule has 0 bridgehead atoms. The van der Waals surface area contributed by atoms with Crippen molar-refractivity contribution < 1.29 is 4.79 Å². The lowest BCUT2D eigenvalue weighted by atomic mass is 10.1. The predicted octanol–water partition coefficient (Wildman–Crippen LogP) is 1.35. The summed E-state index contributed by atoms with van der Waals surface area (Å²) in [6.07, 6.45) is 5.86. The van der Waals surface area contributed by atoms with Crippen LogP contribution in [0.2, 0.25) is 0 Å². The molecule has 2 heterocycles. The van der Waals surface area contributed by atoms with E-state index in [1.807, 2.05) is 11.8 Å². The molecule has 1 atom stereocenters. The third-order valence-corrected chi connectivity index (χ3v) is 2.53. The van der Waals surface area contributed by atoms with Crippen LogP contribution in [0.25, 0.3) is 0 Å². The molecule has 13 heavy (non-hydrogen) atoms. The van der Waals surface area contributed by atoms with Gasteiger partial charge in [-0.2, -0.15) is 0 Å². The number of carbonyl (C=O) groups is 1. The lowest BCUT2D eigenvalue weighted by Crippen LogP contribution is -2.46. The highest BCUT2D eigenvalue weighted by atomic mass is 16.2. The summed E-state index contributed by atoms with van der Waals surface area (Å²) in [6, 6.07) is 0.323. The van der Waals surface area contributed by atoms with Gasteiger partial charge in [-0.1, -0.05) is 0 Å². The molecule has 0 aromatic rings. The van der Waals surface area contributed by atoms with Crippen LogP contribution in [0, 0.1) is 0 Å². The Hall–Kier alpha value is -1.25. The van der Waals surface area contributed by atoms with E-state index in [2.05, 4.69) is 18.3 Å². The SMILES string of the molecule is CC1=CC(=O)N2C(=CCCC2C)N1. The average molecular weight is 178 g/mol. The van der Waals surface area contributed by atoms with Gasteiger partial charge in [0.15, 0.2) is 0 Å². The number of nitrogens with one attached hydrogen (secondary N) is 1. The van der Waals surface area contributed by atoms with Gasteiger partial charge in [-0.15, -0.1) is 0 Å². The maximum atomic E-state index is 11.6. The molecule has 70 valence electrons. The quantitative estimate of drug-likeness (QED) is 0.607. The minimum absolute atomic E-state index is 0.106. The van der Waals surface area contributed by atoms with Crippen LogP contribution in [0.5, 0.6) is 0 Å². The number of hydrogen-bond donors (Lipinski definition) is 1. The highest BCUT2D eigenvalue weighted by Gasteiger charge is 2.28. The van der Waals surface area contributed by atoms with Crippen molar-refractivity contribution in [3.05, 3.63) is 23.7 Å². The van der Waals surface area contributed by atoms with Crippen molar-refractivity contribution in [3.63, 3.8) is 0 Å². The number of carbonyl (C=O) groups excluding carboxylic acids is 1. The van der Waals surface area contributed by atoms with Gasteiger partial charge in [0.25, 0.3) is 5.91 Å². The number of nitrogens with zero attached hydrogens (tertiary/aromatic N) is 1. The zero-order valence-electron chi connectivity index (χ0n) is 8.00. The van der Waals surface area contributed by atoms with Crippen LogP contribution >= 0.6 is 0 Å². The van der Waals surface area contributed by atoms with E-state index >= 15 is 0 Å². The Kier molecular flexibility index (Phi) is 1.87. The molecular formula is C10H14N2O. The summed E-state index contributed by atoms with van der Waals surface area (Å²) < 4.78 is 0. The average Bonchev–Trinajstić information content (AvgIpc) is 2.02. The van der Waals surface area contributed by atoms with Crippen molar-refractivity contribution in [2.45, 2.75) is 32.7 Å². The second kappa shape index (κ2) is 2.91. The molecule has 1 unspecified atom stereocenters. The van der Waals surface area contributed by atoms with Crippen LogP contribution in [0.4, 0.5) is 0 Å². The molecule has 1 N–H and O–H groups in total. The fourth-order valence-corrected chi connectivity index (χ4v) is 1.87. The third kappa shape index (κ3) is 1.34. The van der Waals surface area contributed by atoms with Crippen molar-refractivity contribution in [2.75, 3.05) is 0 Å². The molecule has 0 aliphatic carbocycles. The van der Waals surface area contributed by atoms with Crippen LogP contribution in [0.1, 0.15) is 26.7 Å². The Labute approximate surface area is 78.1 Å². The second-order valence-electron chi connectivity index (χ2n) is 3.68. The minimum Gasteiger partial charge on any atom is -0.345 e. The summed E-state index contributed by atoms with van der Waals surface area (Å²) in [7, 11) is 0. The Bertz CT molecular complexity index is 304. The number of amides is 1. The second-order valence-corrected chi connectivity index (χ2v) is 3.68. The molecule has 3 nitrogen and oxygen atoms in total. The van der Waals surface area contributed by atoms with Crippen LogP contribution in [0.15, 0.2) is 23.7 Å². The fourth-order valence-electron chi connectivity index (χ4n) is 1.87. The van der Waals surface area contributed by atoms with Gasteiger partial charge >= 0.3 is 0 Å². The van der Waals surface area contributed by atoms with E-state index in [4.69, 9.17) is 0 Å². The molecule has 0 saturated carbocycles. The third-order valence-electron chi connectivity index (χ3n) is 2.53. The Morgan fingerprint density at radius 2 is 2.38 bits per heavy atom. The molecule has 0 aromatic heterocycles. The van der Waals surface area contributed by atoms with Crippen LogP contribution < -0.4 is 5.32 Å². The van der Waals surface area contributed by atoms with Gasteiger partial charge < -0.3 is 5.32 Å². The van der Waals surface area contributed by atoms with Gasteiger partial charge in [0, 0.05) is 17.8 Å². The van der Waals surface area contributed by atoms with Crippen molar-refractivity contribution >= 4 is 5.91 Å². The van der Waals surface area contributed by atoms with Gasteiger partial charge in [-0.3, -0.25) is 9.69 Å². The molecule has 2 rings (SSSR count). The maximum absolute atomic E-state index is 11.6. The molecule has 0 aromatic carbocycles. The predicted molar refractivity (Wildman–Crippen MR) is 50.5 cm³/mol. The molecule has 2 aliphatic rings. The molecule has 0 saturated heterocycles. The molecule has 0 radical (unpaired) electrons. The first-order valence-electron chi connectivity index (χ1n) is 4.67. The topological polar surface area (TPSA) is 32.3 Å². The summed E-state index contributed by atoms with van der Waals surface area (Å²) in [4.78, 5) is 13.4. The first-order valence-corrected chi connectivity index (χ1v) is 4.67. The van der Waals surface area contributed by atoms with Crippen molar-refractivity contribution in [3.8, 4) is 0 Å². The smallest absolute Gasteiger partial charge is 0.254 e.